The van der Waals surface area contributed by atoms with Crippen LogP contribution >= 0.6 is 0 Å². The van der Waals surface area contributed by atoms with Gasteiger partial charge in [-0.15, -0.1) is 0 Å². The monoisotopic (exact) mass is 182 g/mol. The van der Waals surface area contributed by atoms with E-state index in [1.807, 2.05) is 25.3 Å². The maximum Gasteiger partial charge on any atom is 0.0526 e. The van der Waals surface area contributed by atoms with Gasteiger partial charge >= 0.3 is 0 Å². The summed E-state index contributed by atoms with van der Waals surface area (Å²) in [4.78, 5) is 3.12. The first-order valence-corrected chi connectivity index (χ1v) is 4.72. The molecule has 0 saturated heterocycles. The highest BCUT2D eigenvalue weighted by Gasteiger charge is 2.04. The Kier molecular flexibility index (Phi) is 3.99. The highest BCUT2D eigenvalue weighted by Crippen LogP contribution is 1.99. The van der Waals surface area contributed by atoms with E-state index in [0.29, 0.717) is 6.04 Å². The molecule has 1 aromatic rings. The minimum Gasteiger partial charge on any atom is -0.393 e. The summed E-state index contributed by atoms with van der Waals surface area (Å²) < 4.78 is 0. The third-order valence-corrected chi connectivity index (χ3v) is 2.00. The van der Waals surface area contributed by atoms with Crippen LogP contribution in [-0.2, 0) is 6.54 Å². The Labute approximate surface area is 79.2 Å². The lowest BCUT2D eigenvalue weighted by Crippen LogP contribution is -2.28. The number of H-pyrrole nitrogens is 1. The molecule has 0 fully saturated rings. The topological polar surface area (TPSA) is 48.0 Å². The first-order valence-electron chi connectivity index (χ1n) is 4.72. The molecule has 0 amide bonds. The van der Waals surface area contributed by atoms with Crippen LogP contribution in [0.5, 0.6) is 0 Å². The molecule has 0 aromatic carbocycles. The molecule has 74 valence electrons. The number of aliphatic hydroxyl groups is 1. The second kappa shape index (κ2) is 5.04. The van der Waals surface area contributed by atoms with E-state index in [0.717, 1.165) is 13.0 Å². The lowest BCUT2D eigenvalue weighted by molar-refractivity contribution is 0.170. The van der Waals surface area contributed by atoms with Crippen molar-refractivity contribution in [1.29, 1.82) is 0 Å². The molecule has 0 spiro atoms. The maximum atomic E-state index is 9.13. The second-order valence-corrected chi connectivity index (χ2v) is 3.56. The van der Waals surface area contributed by atoms with E-state index in [4.69, 9.17) is 5.11 Å². The Bertz CT molecular complexity index is 219. The smallest absolute Gasteiger partial charge is 0.0526 e. The summed E-state index contributed by atoms with van der Waals surface area (Å²) in [5, 5.41) is 12.5. The Hall–Kier alpha value is -0.800. The van der Waals surface area contributed by atoms with E-state index in [9.17, 15) is 0 Å². The zero-order chi connectivity index (χ0) is 9.68. The Morgan fingerprint density at radius 1 is 1.54 bits per heavy atom. The van der Waals surface area contributed by atoms with Crippen molar-refractivity contribution in [1.82, 2.24) is 10.3 Å². The lowest BCUT2D eigenvalue weighted by Gasteiger charge is -2.14. The largest absolute Gasteiger partial charge is 0.393 e. The Morgan fingerprint density at radius 3 is 2.85 bits per heavy atom. The quantitative estimate of drug-likeness (QED) is 0.642. The van der Waals surface area contributed by atoms with E-state index in [-0.39, 0.29) is 6.10 Å². The Balaban J connectivity index is 2.19. The predicted octanol–water partition coefficient (Wildman–Crippen LogP) is 1.26. The number of hydrogen-bond donors (Lipinski definition) is 3. The zero-order valence-electron chi connectivity index (χ0n) is 8.25. The predicted molar refractivity (Wildman–Crippen MR) is 53.4 cm³/mol. The van der Waals surface area contributed by atoms with Gasteiger partial charge in [0, 0.05) is 24.5 Å². The molecule has 0 aliphatic rings. The second-order valence-electron chi connectivity index (χ2n) is 3.56. The van der Waals surface area contributed by atoms with Crippen molar-refractivity contribution in [3.8, 4) is 0 Å². The first-order chi connectivity index (χ1) is 6.18. The molecule has 3 heteroatoms. The maximum absolute atomic E-state index is 9.13. The van der Waals surface area contributed by atoms with Gasteiger partial charge in [-0.25, -0.2) is 0 Å². The van der Waals surface area contributed by atoms with E-state index in [1.165, 1.54) is 5.69 Å². The fraction of sp³-hybridized carbons (Fsp3) is 0.600. The van der Waals surface area contributed by atoms with Crippen LogP contribution < -0.4 is 5.32 Å². The van der Waals surface area contributed by atoms with Gasteiger partial charge in [0.1, 0.15) is 0 Å². The number of rotatable bonds is 5. The van der Waals surface area contributed by atoms with E-state index < -0.39 is 0 Å². The fourth-order valence-corrected chi connectivity index (χ4v) is 1.36. The van der Waals surface area contributed by atoms with Gasteiger partial charge < -0.3 is 15.4 Å². The molecule has 1 heterocycles. The van der Waals surface area contributed by atoms with Crippen LogP contribution in [0.3, 0.4) is 0 Å². The van der Waals surface area contributed by atoms with Crippen LogP contribution in [0.1, 0.15) is 26.0 Å². The van der Waals surface area contributed by atoms with Gasteiger partial charge in [0.2, 0.25) is 0 Å². The SMILES string of the molecule is CC(O)CC(C)NCc1ccc[nH]1. The van der Waals surface area contributed by atoms with Crippen molar-refractivity contribution in [2.24, 2.45) is 0 Å². The minimum absolute atomic E-state index is 0.230. The van der Waals surface area contributed by atoms with Crippen molar-refractivity contribution in [3.63, 3.8) is 0 Å². The molecule has 0 aliphatic carbocycles. The Morgan fingerprint density at radius 2 is 2.31 bits per heavy atom. The average Bonchev–Trinajstić information content (AvgIpc) is 2.51. The molecular formula is C10H18N2O. The van der Waals surface area contributed by atoms with Crippen LogP contribution in [-0.4, -0.2) is 22.2 Å². The molecule has 2 atom stereocenters. The van der Waals surface area contributed by atoms with Gasteiger partial charge in [-0.1, -0.05) is 0 Å². The number of aromatic amines is 1. The van der Waals surface area contributed by atoms with Crippen LogP contribution in [0.4, 0.5) is 0 Å². The van der Waals surface area contributed by atoms with Crippen molar-refractivity contribution in [3.05, 3.63) is 24.0 Å². The van der Waals surface area contributed by atoms with E-state index in [2.05, 4.69) is 17.2 Å². The molecule has 0 radical (unpaired) electrons. The molecule has 3 nitrogen and oxygen atoms in total. The van der Waals surface area contributed by atoms with Gasteiger partial charge in [0.05, 0.1) is 6.10 Å². The summed E-state index contributed by atoms with van der Waals surface area (Å²) in [5.41, 5.74) is 1.18. The molecule has 1 aromatic heterocycles. The summed E-state index contributed by atoms with van der Waals surface area (Å²) in [6.07, 6.45) is 2.47. The standard InChI is InChI=1S/C10H18N2O/c1-8(6-9(2)13)12-7-10-4-3-5-11-10/h3-5,8-9,11-13H,6-7H2,1-2H3. The molecule has 3 N–H and O–H groups in total. The summed E-state index contributed by atoms with van der Waals surface area (Å²) in [7, 11) is 0. The van der Waals surface area contributed by atoms with E-state index >= 15 is 0 Å². The summed E-state index contributed by atoms with van der Waals surface area (Å²) in [5.74, 6) is 0. The number of aliphatic hydroxyl groups excluding tert-OH is 1. The third kappa shape index (κ3) is 4.10. The molecule has 1 rings (SSSR count). The molecule has 0 saturated carbocycles. The van der Waals surface area contributed by atoms with Crippen molar-refractivity contribution in [2.75, 3.05) is 0 Å². The average molecular weight is 182 g/mol. The van der Waals surface area contributed by atoms with E-state index in [1.54, 1.807) is 0 Å². The van der Waals surface area contributed by atoms with Crippen molar-refractivity contribution in [2.45, 2.75) is 39.0 Å². The van der Waals surface area contributed by atoms with Gasteiger partial charge in [-0.05, 0) is 32.4 Å². The van der Waals surface area contributed by atoms with Crippen molar-refractivity contribution >= 4 is 0 Å². The third-order valence-electron chi connectivity index (χ3n) is 2.00. The lowest BCUT2D eigenvalue weighted by atomic mass is 10.1. The molecule has 0 aliphatic heterocycles. The highest BCUT2D eigenvalue weighted by molar-refractivity contribution is 5.03. The first kappa shape index (κ1) is 10.3. The number of nitrogens with one attached hydrogen (secondary N) is 2. The summed E-state index contributed by atoms with van der Waals surface area (Å²) in [6.45, 7) is 4.73. The van der Waals surface area contributed by atoms with Crippen LogP contribution in [0.25, 0.3) is 0 Å². The highest BCUT2D eigenvalue weighted by atomic mass is 16.3. The summed E-state index contributed by atoms with van der Waals surface area (Å²) >= 11 is 0. The van der Waals surface area contributed by atoms with Crippen LogP contribution in [0.2, 0.25) is 0 Å². The zero-order valence-corrected chi connectivity index (χ0v) is 8.25. The molecular weight excluding hydrogens is 164 g/mol. The normalized spacial score (nSPS) is 15.6. The van der Waals surface area contributed by atoms with Gasteiger partial charge in [0.15, 0.2) is 0 Å². The number of hydrogen-bond acceptors (Lipinski definition) is 2. The fourth-order valence-electron chi connectivity index (χ4n) is 1.36. The van der Waals surface area contributed by atoms with Gasteiger partial charge in [-0.3, -0.25) is 0 Å². The van der Waals surface area contributed by atoms with Crippen LogP contribution in [0.15, 0.2) is 18.3 Å². The number of aromatic nitrogens is 1. The van der Waals surface area contributed by atoms with Gasteiger partial charge in [0.25, 0.3) is 0 Å². The van der Waals surface area contributed by atoms with Crippen LogP contribution in [0, 0.1) is 0 Å². The minimum atomic E-state index is -0.230. The molecule has 13 heavy (non-hydrogen) atoms. The molecule has 0 bridgehead atoms. The van der Waals surface area contributed by atoms with Gasteiger partial charge in [-0.2, -0.15) is 0 Å². The van der Waals surface area contributed by atoms with Crippen molar-refractivity contribution < 1.29 is 5.11 Å². The summed E-state index contributed by atoms with van der Waals surface area (Å²) in [6, 6.07) is 4.38. The molecule has 2 unspecified atom stereocenters.